The van der Waals surface area contributed by atoms with Crippen LogP contribution in [0.1, 0.15) is 32.1 Å². The number of carbonyl (C=O) groups excluding carboxylic acids is 1. The third-order valence-corrected chi connectivity index (χ3v) is 2.32. The van der Waals surface area contributed by atoms with Gasteiger partial charge in [-0.25, -0.2) is 0 Å². The van der Waals surface area contributed by atoms with Crippen LogP contribution in [0.3, 0.4) is 0 Å². The number of amides is 1. The maximum atomic E-state index is 11.1. The summed E-state index contributed by atoms with van der Waals surface area (Å²) in [6, 6.07) is -0.0643. The van der Waals surface area contributed by atoms with Crippen LogP contribution in [0.15, 0.2) is 0 Å². The molecule has 0 spiro atoms. The fourth-order valence-corrected chi connectivity index (χ4v) is 1.71. The van der Waals surface area contributed by atoms with Crippen molar-refractivity contribution in [3.05, 3.63) is 0 Å². The molecule has 0 bridgehead atoms. The van der Waals surface area contributed by atoms with Gasteiger partial charge in [0, 0.05) is 6.04 Å². The van der Waals surface area contributed by atoms with E-state index in [0.29, 0.717) is 6.42 Å². The van der Waals surface area contributed by atoms with Crippen LogP contribution >= 0.6 is 0 Å². The molecule has 5 nitrogen and oxygen atoms in total. The maximum Gasteiger partial charge on any atom is 0.312 e. The summed E-state index contributed by atoms with van der Waals surface area (Å²) in [5.74, 6) is -1.60. The number of rotatable bonds is 3. The second kappa shape index (κ2) is 4.95. The molecule has 1 fully saturated rings. The Balaban J connectivity index is 2.28. The lowest BCUT2D eigenvalue weighted by molar-refractivity contribution is -0.140. The fourth-order valence-electron chi connectivity index (χ4n) is 1.71. The number of carbonyl (C=O) groups is 2. The molecule has 0 aliphatic heterocycles. The molecule has 2 atom stereocenters. The number of carboxylic acids is 1. The van der Waals surface area contributed by atoms with Crippen LogP contribution in [0.5, 0.6) is 0 Å². The van der Waals surface area contributed by atoms with Crippen molar-refractivity contribution in [1.29, 1.82) is 0 Å². The highest BCUT2D eigenvalue weighted by Gasteiger charge is 2.21. The number of carboxylic acid groups (broad SMARTS) is 1. The molecule has 1 amide bonds. The summed E-state index contributed by atoms with van der Waals surface area (Å²) in [4.78, 5) is 21.3. The number of hydrogen-bond acceptors (Lipinski definition) is 3. The highest BCUT2D eigenvalue weighted by molar-refractivity contribution is 5.93. The minimum Gasteiger partial charge on any atom is -0.481 e. The Labute approximate surface area is 82.1 Å². The minimum atomic E-state index is -1.13. The Hall–Kier alpha value is -1.10. The van der Waals surface area contributed by atoms with E-state index in [2.05, 4.69) is 5.32 Å². The zero-order valence-electron chi connectivity index (χ0n) is 7.90. The summed E-state index contributed by atoms with van der Waals surface area (Å²) in [5.41, 5.74) is 0. The zero-order chi connectivity index (χ0) is 10.6. The van der Waals surface area contributed by atoms with Gasteiger partial charge < -0.3 is 15.5 Å². The van der Waals surface area contributed by atoms with Crippen LogP contribution in [0.4, 0.5) is 0 Å². The predicted molar refractivity (Wildman–Crippen MR) is 48.7 cm³/mol. The SMILES string of the molecule is O=C(O)CC(=O)NC1CCCC(O)C1. The smallest absolute Gasteiger partial charge is 0.312 e. The van der Waals surface area contributed by atoms with E-state index in [0.717, 1.165) is 19.3 Å². The second-order valence-electron chi connectivity index (χ2n) is 3.66. The van der Waals surface area contributed by atoms with Crippen molar-refractivity contribution in [3.8, 4) is 0 Å². The fraction of sp³-hybridized carbons (Fsp3) is 0.778. The molecule has 0 aromatic heterocycles. The molecule has 0 heterocycles. The predicted octanol–water partition coefficient (Wildman–Crippen LogP) is -0.119. The topological polar surface area (TPSA) is 86.6 Å². The normalized spacial score (nSPS) is 26.9. The maximum absolute atomic E-state index is 11.1. The molecule has 0 aromatic carbocycles. The lowest BCUT2D eigenvalue weighted by Gasteiger charge is -2.26. The summed E-state index contributed by atoms with van der Waals surface area (Å²) in [6.07, 6.45) is 2.14. The van der Waals surface area contributed by atoms with Gasteiger partial charge in [-0.15, -0.1) is 0 Å². The highest BCUT2D eigenvalue weighted by atomic mass is 16.4. The van der Waals surface area contributed by atoms with Crippen LogP contribution in [0.25, 0.3) is 0 Å². The monoisotopic (exact) mass is 201 g/mol. The van der Waals surface area contributed by atoms with Crippen molar-refractivity contribution in [1.82, 2.24) is 5.32 Å². The first-order valence-corrected chi connectivity index (χ1v) is 4.77. The van der Waals surface area contributed by atoms with Gasteiger partial charge in [-0.1, -0.05) is 0 Å². The molecular weight excluding hydrogens is 186 g/mol. The molecule has 1 aliphatic carbocycles. The van der Waals surface area contributed by atoms with Crippen LogP contribution in [0.2, 0.25) is 0 Å². The zero-order valence-corrected chi connectivity index (χ0v) is 7.90. The Morgan fingerprint density at radius 1 is 1.36 bits per heavy atom. The van der Waals surface area contributed by atoms with E-state index in [4.69, 9.17) is 5.11 Å². The molecule has 0 saturated heterocycles. The molecule has 1 aliphatic rings. The molecule has 14 heavy (non-hydrogen) atoms. The number of aliphatic hydroxyl groups is 1. The number of aliphatic hydroxyl groups excluding tert-OH is 1. The molecule has 1 saturated carbocycles. The van der Waals surface area contributed by atoms with Gasteiger partial charge in [0.1, 0.15) is 6.42 Å². The number of hydrogen-bond donors (Lipinski definition) is 3. The molecule has 1 rings (SSSR count). The Kier molecular flexibility index (Phi) is 3.88. The van der Waals surface area contributed by atoms with Crippen molar-refractivity contribution in [2.24, 2.45) is 0 Å². The standard InChI is InChI=1S/C9H15NO4/c11-7-3-1-2-6(4-7)10-8(12)5-9(13)14/h6-7,11H,1-5H2,(H,10,12)(H,13,14). The van der Waals surface area contributed by atoms with Gasteiger partial charge in [-0.2, -0.15) is 0 Å². The van der Waals surface area contributed by atoms with E-state index in [-0.39, 0.29) is 12.1 Å². The average Bonchev–Trinajstić information content (AvgIpc) is 2.01. The lowest BCUT2D eigenvalue weighted by Crippen LogP contribution is -2.40. The van der Waals surface area contributed by atoms with E-state index in [1.54, 1.807) is 0 Å². The Bertz CT molecular complexity index is 229. The molecule has 2 unspecified atom stereocenters. The highest BCUT2D eigenvalue weighted by Crippen LogP contribution is 2.18. The van der Waals surface area contributed by atoms with E-state index < -0.39 is 18.3 Å². The summed E-state index contributed by atoms with van der Waals surface area (Å²) in [7, 11) is 0. The third kappa shape index (κ3) is 3.74. The Morgan fingerprint density at radius 3 is 2.64 bits per heavy atom. The first kappa shape index (κ1) is 11.0. The van der Waals surface area contributed by atoms with Gasteiger partial charge in [-0.05, 0) is 25.7 Å². The van der Waals surface area contributed by atoms with Crippen LogP contribution < -0.4 is 5.32 Å². The molecule has 0 radical (unpaired) electrons. The molecule has 5 heteroatoms. The van der Waals surface area contributed by atoms with Gasteiger partial charge in [0.25, 0.3) is 0 Å². The molecular formula is C9H15NO4. The van der Waals surface area contributed by atoms with E-state index in [1.165, 1.54) is 0 Å². The quantitative estimate of drug-likeness (QED) is 0.556. The van der Waals surface area contributed by atoms with Crippen molar-refractivity contribution < 1.29 is 19.8 Å². The van der Waals surface area contributed by atoms with Crippen molar-refractivity contribution in [3.63, 3.8) is 0 Å². The largest absolute Gasteiger partial charge is 0.481 e. The minimum absolute atomic E-state index is 0.0643. The number of aliphatic carboxylic acids is 1. The van der Waals surface area contributed by atoms with Crippen LogP contribution in [0, 0.1) is 0 Å². The van der Waals surface area contributed by atoms with Crippen molar-refractivity contribution in [2.75, 3.05) is 0 Å². The summed E-state index contributed by atoms with van der Waals surface area (Å²) in [5, 5.41) is 20.3. The summed E-state index contributed by atoms with van der Waals surface area (Å²) >= 11 is 0. The first-order chi connectivity index (χ1) is 6.58. The molecule has 80 valence electrons. The van der Waals surface area contributed by atoms with Crippen LogP contribution in [-0.4, -0.2) is 34.2 Å². The summed E-state index contributed by atoms with van der Waals surface area (Å²) < 4.78 is 0. The van der Waals surface area contributed by atoms with Gasteiger partial charge in [0.15, 0.2) is 0 Å². The number of nitrogens with one attached hydrogen (secondary N) is 1. The molecule has 3 N–H and O–H groups in total. The van der Waals surface area contributed by atoms with Crippen molar-refractivity contribution >= 4 is 11.9 Å². The van der Waals surface area contributed by atoms with E-state index in [9.17, 15) is 14.7 Å². The lowest BCUT2D eigenvalue weighted by atomic mass is 9.93. The summed E-state index contributed by atoms with van der Waals surface area (Å²) in [6.45, 7) is 0. The average molecular weight is 201 g/mol. The second-order valence-corrected chi connectivity index (χ2v) is 3.66. The van der Waals surface area contributed by atoms with Crippen molar-refractivity contribution in [2.45, 2.75) is 44.2 Å². The first-order valence-electron chi connectivity index (χ1n) is 4.77. The third-order valence-electron chi connectivity index (χ3n) is 2.32. The van der Waals surface area contributed by atoms with E-state index >= 15 is 0 Å². The van der Waals surface area contributed by atoms with Gasteiger partial charge in [0.2, 0.25) is 5.91 Å². The van der Waals surface area contributed by atoms with Gasteiger partial charge >= 0.3 is 5.97 Å². The van der Waals surface area contributed by atoms with E-state index in [1.807, 2.05) is 0 Å². The van der Waals surface area contributed by atoms with Gasteiger partial charge in [-0.3, -0.25) is 9.59 Å². The van der Waals surface area contributed by atoms with Crippen LogP contribution in [-0.2, 0) is 9.59 Å². The Morgan fingerprint density at radius 2 is 2.07 bits per heavy atom. The molecule has 0 aromatic rings. The van der Waals surface area contributed by atoms with Gasteiger partial charge in [0.05, 0.1) is 6.10 Å².